The number of hydrogen-bond donors (Lipinski definition) is 0. The smallest absolute Gasteiger partial charge is 0.251 e. The van der Waals surface area contributed by atoms with E-state index in [0.717, 1.165) is 16.5 Å². The normalized spacial score (nSPS) is 18.2. The Morgan fingerprint density at radius 1 is 1.13 bits per heavy atom. The molecule has 3 rings (SSSR count). The molecule has 0 radical (unpaired) electrons. The maximum absolute atomic E-state index is 12.2. The number of likely N-dealkylation sites (tertiary alicyclic amines) is 1. The predicted octanol–water partition coefficient (Wildman–Crippen LogP) is 3.05. The summed E-state index contributed by atoms with van der Waals surface area (Å²) in [6.45, 7) is 2.01. The number of benzene rings is 1. The number of aromatic nitrogens is 1. The van der Waals surface area contributed by atoms with E-state index in [-0.39, 0.29) is 11.5 Å². The fourth-order valence-electron chi connectivity index (χ4n) is 3.01. The minimum atomic E-state index is -0.00844. The van der Waals surface area contributed by atoms with E-state index in [1.54, 1.807) is 10.6 Å². The summed E-state index contributed by atoms with van der Waals surface area (Å²) in [6, 6.07) is 13.5. The van der Waals surface area contributed by atoms with Crippen molar-refractivity contribution in [2.45, 2.75) is 25.9 Å². The molecular weight excluding hydrogens is 356 g/mol. The van der Waals surface area contributed by atoms with Crippen LogP contribution in [0.5, 0.6) is 0 Å². The summed E-state index contributed by atoms with van der Waals surface area (Å²) in [5, 5.41) is 0. The number of halogens is 1. The van der Waals surface area contributed by atoms with E-state index < -0.39 is 0 Å². The van der Waals surface area contributed by atoms with Gasteiger partial charge >= 0.3 is 0 Å². The second kappa shape index (κ2) is 7.13. The van der Waals surface area contributed by atoms with Gasteiger partial charge in [0.15, 0.2) is 0 Å². The van der Waals surface area contributed by atoms with Crippen LogP contribution in [-0.2, 0) is 17.9 Å². The van der Waals surface area contributed by atoms with Gasteiger partial charge in [-0.15, -0.1) is 0 Å². The van der Waals surface area contributed by atoms with Crippen molar-refractivity contribution in [3.05, 3.63) is 69.1 Å². The first-order chi connectivity index (χ1) is 11.1. The van der Waals surface area contributed by atoms with E-state index in [2.05, 4.69) is 15.9 Å². The van der Waals surface area contributed by atoms with Gasteiger partial charge in [-0.25, -0.2) is 0 Å². The Morgan fingerprint density at radius 2 is 1.91 bits per heavy atom. The highest BCUT2D eigenvalue weighted by Gasteiger charge is 2.26. The summed E-state index contributed by atoms with van der Waals surface area (Å²) in [4.78, 5) is 26.1. The maximum Gasteiger partial charge on any atom is 0.251 e. The van der Waals surface area contributed by atoms with Gasteiger partial charge in [-0.1, -0.05) is 46.3 Å². The lowest BCUT2D eigenvalue weighted by atomic mass is 9.96. The summed E-state index contributed by atoms with van der Waals surface area (Å²) < 4.78 is 2.52. The lowest BCUT2D eigenvalue weighted by Gasteiger charge is -2.33. The summed E-state index contributed by atoms with van der Waals surface area (Å²) >= 11 is 3.31. The maximum atomic E-state index is 12.2. The topological polar surface area (TPSA) is 42.3 Å². The zero-order valence-electron chi connectivity index (χ0n) is 12.8. The van der Waals surface area contributed by atoms with Crippen molar-refractivity contribution >= 4 is 21.8 Å². The average Bonchev–Trinajstić information content (AvgIpc) is 2.54. The highest BCUT2D eigenvalue weighted by Crippen LogP contribution is 2.21. The van der Waals surface area contributed by atoms with Crippen molar-refractivity contribution in [3.63, 3.8) is 0 Å². The third kappa shape index (κ3) is 4.10. The Morgan fingerprint density at radius 3 is 2.65 bits per heavy atom. The number of hydrogen-bond acceptors (Lipinski definition) is 2. The molecule has 1 atom stereocenters. The molecule has 0 spiro atoms. The number of amides is 1. The van der Waals surface area contributed by atoms with Crippen LogP contribution < -0.4 is 5.56 Å². The van der Waals surface area contributed by atoms with E-state index in [0.29, 0.717) is 32.0 Å². The molecule has 0 bridgehead atoms. The lowest BCUT2D eigenvalue weighted by Crippen LogP contribution is -2.41. The molecule has 120 valence electrons. The molecule has 0 saturated carbocycles. The van der Waals surface area contributed by atoms with Gasteiger partial charge in [0.2, 0.25) is 5.91 Å². The van der Waals surface area contributed by atoms with Gasteiger partial charge in [0.05, 0.1) is 0 Å². The van der Waals surface area contributed by atoms with E-state index in [4.69, 9.17) is 0 Å². The Balaban J connectivity index is 1.68. The summed E-state index contributed by atoms with van der Waals surface area (Å²) in [5.41, 5.74) is 1.13. The SMILES string of the molecule is O=C1CCC(Cn2ccc(Br)cc2=O)CN1Cc1ccccc1. The van der Waals surface area contributed by atoms with E-state index in [9.17, 15) is 9.59 Å². The molecule has 1 fully saturated rings. The van der Waals surface area contributed by atoms with Crippen LogP contribution in [0.1, 0.15) is 18.4 Å². The monoisotopic (exact) mass is 374 g/mol. The Kier molecular flexibility index (Phi) is 4.96. The summed E-state index contributed by atoms with van der Waals surface area (Å²) in [6.07, 6.45) is 3.21. The molecular formula is C18H19BrN2O2. The van der Waals surface area contributed by atoms with Crippen LogP contribution in [0.4, 0.5) is 0 Å². The van der Waals surface area contributed by atoms with Crippen LogP contribution in [0.2, 0.25) is 0 Å². The molecule has 4 nitrogen and oxygen atoms in total. The van der Waals surface area contributed by atoms with Crippen LogP contribution in [0.25, 0.3) is 0 Å². The van der Waals surface area contributed by atoms with Gasteiger partial charge < -0.3 is 9.47 Å². The standard InChI is InChI=1S/C18H19BrN2O2/c19-16-8-9-20(18(23)10-16)12-15-6-7-17(22)21(13-15)11-14-4-2-1-3-5-14/h1-5,8-10,15H,6-7,11-13H2. The van der Waals surface area contributed by atoms with Gasteiger partial charge in [0, 0.05) is 42.8 Å². The van der Waals surface area contributed by atoms with Crippen LogP contribution >= 0.6 is 15.9 Å². The van der Waals surface area contributed by atoms with Crippen LogP contribution in [0, 0.1) is 5.92 Å². The molecule has 1 amide bonds. The Hall–Kier alpha value is -1.88. The minimum Gasteiger partial charge on any atom is -0.338 e. The van der Waals surface area contributed by atoms with Crippen molar-refractivity contribution in [1.82, 2.24) is 9.47 Å². The first-order valence-corrected chi connectivity index (χ1v) is 8.59. The van der Waals surface area contributed by atoms with Crippen molar-refractivity contribution in [3.8, 4) is 0 Å². The second-order valence-electron chi connectivity index (χ2n) is 6.00. The number of carbonyl (C=O) groups excluding carboxylic acids is 1. The molecule has 1 aromatic carbocycles. The number of carbonyl (C=O) groups is 1. The minimum absolute atomic E-state index is 0.00844. The first-order valence-electron chi connectivity index (χ1n) is 7.79. The molecule has 1 aromatic heterocycles. The molecule has 0 N–H and O–H groups in total. The number of nitrogens with zero attached hydrogens (tertiary/aromatic N) is 2. The highest BCUT2D eigenvalue weighted by molar-refractivity contribution is 9.10. The van der Waals surface area contributed by atoms with Crippen LogP contribution in [0.3, 0.4) is 0 Å². The molecule has 1 aliphatic heterocycles. The van der Waals surface area contributed by atoms with Gasteiger partial charge in [-0.05, 0) is 24.0 Å². The molecule has 1 unspecified atom stereocenters. The van der Waals surface area contributed by atoms with Gasteiger partial charge in [0.25, 0.3) is 5.56 Å². The van der Waals surface area contributed by atoms with Gasteiger partial charge in [0.1, 0.15) is 0 Å². The molecule has 2 heterocycles. The zero-order chi connectivity index (χ0) is 16.2. The Bertz CT molecular complexity index is 742. The first kappa shape index (κ1) is 16.0. The fraction of sp³-hybridized carbons (Fsp3) is 0.333. The zero-order valence-corrected chi connectivity index (χ0v) is 14.4. The van der Waals surface area contributed by atoms with Crippen LogP contribution in [0.15, 0.2) is 57.9 Å². The molecule has 0 aliphatic carbocycles. The van der Waals surface area contributed by atoms with Crippen molar-refractivity contribution in [2.75, 3.05) is 6.54 Å². The molecule has 1 saturated heterocycles. The average molecular weight is 375 g/mol. The quantitative estimate of drug-likeness (QED) is 0.825. The molecule has 2 aromatic rings. The predicted molar refractivity (Wildman–Crippen MR) is 93.0 cm³/mol. The number of pyridine rings is 1. The third-order valence-electron chi connectivity index (χ3n) is 4.23. The molecule has 1 aliphatic rings. The van der Waals surface area contributed by atoms with E-state index in [1.807, 2.05) is 47.5 Å². The summed E-state index contributed by atoms with van der Waals surface area (Å²) in [7, 11) is 0. The van der Waals surface area contributed by atoms with Gasteiger partial charge in [-0.3, -0.25) is 9.59 Å². The largest absolute Gasteiger partial charge is 0.338 e. The molecule has 5 heteroatoms. The number of rotatable bonds is 4. The van der Waals surface area contributed by atoms with Crippen molar-refractivity contribution < 1.29 is 4.79 Å². The fourth-order valence-corrected chi connectivity index (χ4v) is 3.32. The molecule has 23 heavy (non-hydrogen) atoms. The highest BCUT2D eigenvalue weighted by atomic mass is 79.9. The van der Waals surface area contributed by atoms with Crippen LogP contribution in [-0.4, -0.2) is 21.9 Å². The van der Waals surface area contributed by atoms with E-state index >= 15 is 0 Å². The Labute approximate surface area is 143 Å². The van der Waals surface area contributed by atoms with Crippen molar-refractivity contribution in [2.24, 2.45) is 5.92 Å². The third-order valence-corrected chi connectivity index (χ3v) is 4.72. The lowest BCUT2D eigenvalue weighted by molar-refractivity contribution is -0.135. The second-order valence-corrected chi connectivity index (χ2v) is 6.92. The summed E-state index contributed by atoms with van der Waals surface area (Å²) in [5.74, 6) is 0.517. The van der Waals surface area contributed by atoms with Crippen molar-refractivity contribution in [1.29, 1.82) is 0 Å². The number of piperidine rings is 1. The van der Waals surface area contributed by atoms with Gasteiger partial charge in [-0.2, -0.15) is 0 Å². The van der Waals surface area contributed by atoms with E-state index in [1.165, 1.54) is 0 Å².